The summed E-state index contributed by atoms with van der Waals surface area (Å²) in [6.07, 6.45) is 5.22. The number of nitrogens with one attached hydrogen (secondary N) is 1. The third kappa shape index (κ3) is 3.76. The van der Waals surface area contributed by atoms with Gasteiger partial charge in [-0.25, -0.2) is 0 Å². The van der Waals surface area contributed by atoms with Gasteiger partial charge in [0, 0.05) is 36.3 Å². The minimum absolute atomic E-state index is 0.145. The molecule has 5 nitrogen and oxygen atoms in total. The van der Waals surface area contributed by atoms with E-state index in [1.165, 1.54) is 0 Å². The minimum Gasteiger partial charge on any atom is -0.497 e. The Balaban J connectivity index is 1.69. The fourth-order valence-corrected chi connectivity index (χ4v) is 2.31. The predicted molar refractivity (Wildman–Crippen MR) is 91.6 cm³/mol. The number of rotatable bonds is 5. The van der Waals surface area contributed by atoms with E-state index in [1.807, 2.05) is 24.3 Å². The number of methoxy groups -OCH3 is 1. The van der Waals surface area contributed by atoms with E-state index in [9.17, 15) is 4.79 Å². The number of amides is 1. The third-order valence-electron chi connectivity index (χ3n) is 3.57. The van der Waals surface area contributed by atoms with E-state index < -0.39 is 0 Å². The highest BCUT2D eigenvalue weighted by Gasteiger charge is 2.07. The molecule has 1 aromatic carbocycles. The molecule has 1 N–H and O–H groups in total. The molecule has 0 bridgehead atoms. The van der Waals surface area contributed by atoms with Crippen molar-refractivity contribution in [3.8, 4) is 17.0 Å². The molecule has 3 aromatic rings. The van der Waals surface area contributed by atoms with Crippen molar-refractivity contribution in [2.45, 2.75) is 6.54 Å². The van der Waals surface area contributed by atoms with Gasteiger partial charge in [0.1, 0.15) is 5.75 Å². The van der Waals surface area contributed by atoms with Crippen LogP contribution in [0.2, 0.25) is 0 Å². The van der Waals surface area contributed by atoms with Crippen LogP contribution in [0.4, 0.5) is 0 Å². The number of ether oxygens (including phenoxy) is 1. The highest BCUT2D eigenvalue weighted by atomic mass is 16.5. The zero-order valence-electron chi connectivity index (χ0n) is 13.3. The molecule has 5 heteroatoms. The highest BCUT2D eigenvalue weighted by molar-refractivity contribution is 5.94. The van der Waals surface area contributed by atoms with Gasteiger partial charge in [0.15, 0.2) is 0 Å². The van der Waals surface area contributed by atoms with Crippen molar-refractivity contribution in [1.29, 1.82) is 0 Å². The summed E-state index contributed by atoms with van der Waals surface area (Å²) in [5.41, 5.74) is 3.31. The molecule has 0 fully saturated rings. The molecular weight excluding hydrogens is 302 g/mol. The van der Waals surface area contributed by atoms with Crippen molar-refractivity contribution in [2.24, 2.45) is 0 Å². The second-order valence-corrected chi connectivity index (χ2v) is 5.21. The Labute approximate surface area is 140 Å². The molecule has 0 aliphatic heterocycles. The van der Waals surface area contributed by atoms with E-state index in [4.69, 9.17) is 4.74 Å². The second-order valence-electron chi connectivity index (χ2n) is 5.21. The molecule has 0 aliphatic carbocycles. The standard InChI is InChI=1S/C19H17N3O2/c1-24-17-6-2-4-15(11-17)19(23)22-12-14-7-9-21-18(10-14)16-5-3-8-20-13-16/h2-11,13H,12H2,1H3,(H,22,23). The van der Waals surface area contributed by atoms with Crippen LogP contribution in [0, 0.1) is 0 Å². The van der Waals surface area contributed by atoms with Crippen molar-refractivity contribution in [1.82, 2.24) is 15.3 Å². The summed E-state index contributed by atoms with van der Waals surface area (Å²) in [5, 5.41) is 2.91. The molecule has 0 aliphatic rings. The van der Waals surface area contributed by atoms with Gasteiger partial charge in [-0.1, -0.05) is 6.07 Å². The van der Waals surface area contributed by atoms with Gasteiger partial charge >= 0.3 is 0 Å². The Morgan fingerprint density at radius 1 is 1.12 bits per heavy atom. The maximum Gasteiger partial charge on any atom is 0.251 e. The fourth-order valence-electron chi connectivity index (χ4n) is 2.31. The van der Waals surface area contributed by atoms with E-state index in [-0.39, 0.29) is 5.91 Å². The average Bonchev–Trinajstić information content (AvgIpc) is 2.67. The SMILES string of the molecule is COc1cccc(C(=O)NCc2ccnc(-c3cccnc3)c2)c1. The molecule has 3 rings (SSSR count). The first-order chi connectivity index (χ1) is 11.8. The lowest BCUT2D eigenvalue weighted by Crippen LogP contribution is -2.22. The minimum atomic E-state index is -0.145. The van der Waals surface area contributed by atoms with Crippen molar-refractivity contribution in [3.05, 3.63) is 78.2 Å². The van der Waals surface area contributed by atoms with Gasteiger partial charge in [0.2, 0.25) is 0 Å². The summed E-state index contributed by atoms with van der Waals surface area (Å²) in [5.74, 6) is 0.513. The number of carbonyl (C=O) groups is 1. The lowest BCUT2D eigenvalue weighted by Gasteiger charge is -2.08. The highest BCUT2D eigenvalue weighted by Crippen LogP contribution is 2.16. The lowest BCUT2D eigenvalue weighted by atomic mass is 10.1. The molecule has 1 amide bonds. The molecule has 120 valence electrons. The quantitative estimate of drug-likeness (QED) is 0.785. The summed E-state index contributed by atoms with van der Waals surface area (Å²) < 4.78 is 5.14. The zero-order chi connectivity index (χ0) is 16.8. The third-order valence-corrected chi connectivity index (χ3v) is 3.57. The van der Waals surface area contributed by atoms with Gasteiger partial charge in [-0.2, -0.15) is 0 Å². The largest absolute Gasteiger partial charge is 0.497 e. The number of aromatic nitrogens is 2. The molecule has 0 radical (unpaired) electrons. The molecule has 0 atom stereocenters. The van der Waals surface area contributed by atoms with Crippen LogP contribution in [0.25, 0.3) is 11.3 Å². The predicted octanol–water partition coefficient (Wildman–Crippen LogP) is 3.08. The van der Waals surface area contributed by atoms with Crippen molar-refractivity contribution >= 4 is 5.91 Å². The summed E-state index contributed by atoms with van der Waals surface area (Å²) >= 11 is 0. The van der Waals surface area contributed by atoms with Crippen LogP contribution < -0.4 is 10.1 Å². The lowest BCUT2D eigenvalue weighted by molar-refractivity contribution is 0.0950. The number of hydrogen-bond acceptors (Lipinski definition) is 4. The van der Waals surface area contributed by atoms with Crippen LogP contribution in [-0.2, 0) is 6.54 Å². The fraction of sp³-hybridized carbons (Fsp3) is 0.105. The molecule has 24 heavy (non-hydrogen) atoms. The Morgan fingerprint density at radius 2 is 2.04 bits per heavy atom. The van der Waals surface area contributed by atoms with Crippen LogP contribution in [0.15, 0.2) is 67.1 Å². The Hall–Kier alpha value is -3.21. The molecule has 2 aromatic heterocycles. The molecule has 2 heterocycles. The van der Waals surface area contributed by atoms with Gasteiger partial charge in [-0.15, -0.1) is 0 Å². The Morgan fingerprint density at radius 3 is 2.83 bits per heavy atom. The Bertz CT molecular complexity index is 835. The average molecular weight is 319 g/mol. The summed E-state index contributed by atoms with van der Waals surface area (Å²) in [6.45, 7) is 0.422. The second kappa shape index (κ2) is 7.37. The number of carbonyl (C=O) groups excluding carboxylic acids is 1. The first kappa shape index (κ1) is 15.7. The van der Waals surface area contributed by atoms with Crippen molar-refractivity contribution < 1.29 is 9.53 Å². The normalized spacial score (nSPS) is 10.2. The van der Waals surface area contributed by atoms with E-state index in [2.05, 4.69) is 15.3 Å². The van der Waals surface area contributed by atoms with Crippen LogP contribution in [0.1, 0.15) is 15.9 Å². The van der Waals surface area contributed by atoms with Gasteiger partial charge in [-0.3, -0.25) is 14.8 Å². The molecule has 0 unspecified atom stereocenters. The molecular formula is C19H17N3O2. The zero-order valence-corrected chi connectivity index (χ0v) is 13.3. The molecule has 0 saturated carbocycles. The number of nitrogens with zero attached hydrogens (tertiary/aromatic N) is 2. The Kier molecular flexibility index (Phi) is 4.81. The molecule has 0 spiro atoms. The van der Waals surface area contributed by atoms with Crippen molar-refractivity contribution in [2.75, 3.05) is 7.11 Å². The smallest absolute Gasteiger partial charge is 0.251 e. The van der Waals surface area contributed by atoms with Gasteiger partial charge in [0.05, 0.1) is 12.8 Å². The topological polar surface area (TPSA) is 64.1 Å². The van der Waals surface area contributed by atoms with Gasteiger partial charge in [0.25, 0.3) is 5.91 Å². The summed E-state index contributed by atoms with van der Waals surface area (Å²) in [7, 11) is 1.58. The molecule has 0 saturated heterocycles. The summed E-state index contributed by atoms with van der Waals surface area (Å²) in [4.78, 5) is 20.7. The van der Waals surface area contributed by atoms with E-state index >= 15 is 0 Å². The number of benzene rings is 1. The van der Waals surface area contributed by atoms with Crippen LogP contribution in [0.5, 0.6) is 5.75 Å². The van der Waals surface area contributed by atoms with Crippen LogP contribution in [-0.4, -0.2) is 23.0 Å². The number of hydrogen-bond donors (Lipinski definition) is 1. The van der Waals surface area contributed by atoms with Gasteiger partial charge < -0.3 is 10.1 Å². The summed E-state index contributed by atoms with van der Waals surface area (Å²) in [6, 6.07) is 14.7. The maximum atomic E-state index is 12.2. The first-order valence-corrected chi connectivity index (χ1v) is 7.54. The van der Waals surface area contributed by atoms with Gasteiger partial charge in [-0.05, 0) is 48.0 Å². The van der Waals surface area contributed by atoms with Crippen molar-refractivity contribution in [3.63, 3.8) is 0 Å². The number of pyridine rings is 2. The first-order valence-electron chi connectivity index (χ1n) is 7.54. The van der Waals surface area contributed by atoms with Crippen LogP contribution in [0.3, 0.4) is 0 Å². The van der Waals surface area contributed by atoms with E-state index in [1.54, 1.807) is 50.0 Å². The van der Waals surface area contributed by atoms with E-state index in [0.29, 0.717) is 17.9 Å². The van der Waals surface area contributed by atoms with Crippen LogP contribution >= 0.6 is 0 Å². The van der Waals surface area contributed by atoms with E-state index in [0.717, 1.165) is 16.8 Å². The monoisotopic (exact) mass is 319 g/mol. The maximum absolute atomic E-state index is 12.2.